The zero-order valence-electron chi connectivity index (χ0n) is 15.4. The molecule has 1 aromatic heterocycles. The molecule has 1 amide bonds. The number of ether oxygens (including phenoxy) is 1. The van der Waals surface area contributed by atoms with Gasteiger partial charge in [-0.25, -0.2) is 0 Å². The highest BCUT2D eigenvalue weighted by molar-refractivity contribution is 6.31. The van der Waals surface area contributed by atoms with Gasteiger partial charge in [0, 0.05) is 23.3 Å². The zero-order chi connectivity index (χ0) is 19.2. The van der Waals surface area contributed by atoms with Crippen LogP contribution in [-0.4, -0.2) is 15.7 Å². The van der Waals surface area contributed by atoms with Crippen LogP contribution in [0.5, 0.6) is 5.75 Å². The fraction of sp³-hybridized carbons (Fsp3) is 0.238. The van der Waals surface area contributed by atoms with E-state index >= 15 is 0 Å². The van der Waals surface area contributed by atoms with E-state index in [9.17, 15) is 4.79 Å². The molecule has 2 aromatic carbocycles. The Morgan fingerprint density at radius 3 is 2.63 bits per heavy atom. The molecule has 0 spiro atoms. The van der Waals surface area contributed by atoms with Crippen LogP contribution in [0.2, 0.25) is 5.02 Å². The van der Waals surface area contributed by atoms with Crippen LogP contribution in [0.4, 0.5) is 0 Å². The van der Waals surface area contributed by atoms with Gasteiger partial charge in [0.1, 0.15) is 12.4 Å². The number of aryl methyl sites for hydroxylation is 2. The van der Waals surface area contributed by atoms with Gasteiger partial charge in [0.2, 0.25) is 0 Å². The first-order chi connectivity index (χ1) is 13.0. The average molecular weight is 384 g/mol. The summed E-state index contributed by atoms with van der Waals surface area (Å²) < 4.78 is 7.61. The molecule has 0 saturated heterocycles. The average Bonchev–Trinajstić information content (AvgIpc) is 3.15. The van der Waals surface area contributed by atoms with Crippen LogP contribution in [-0.2, 0) is 19.7 Å². The molecule has 0 saturated carbocycles. The second kappa shape index (κ2) is 8.73. The van der Waals surface area contributed by atoms with Gasteiger partial charge in [0.15, 0.2) is 0 Å². The lowest BCUT2D eigenvalue weighted by atomic mass is 10.1. The van der Waals surface area contributed by atoms with Gasteiger partial charge in [-0.05, 0) is 61.4 Å². The molecule has 1 heterocycles. The van der Waals surface area contributed by atoms with Crippen LogP contribution in [0.15, 0.2) is 54.7 Å². The molecule has 0 atom stereocenters. The van der Waals surface area contributed by atoms with Crippen molar-refractivity contribution in [3.8, 4) is 5.75 Å². The van der Waals surface area contributed by atoms with Crippen molar-refractivity contribution < 1.29 is 9.53 Å². The summed E-state index contributed by atoms with van der Waals surface area (Å²) in [6.07, 6.45) is 1.90. The number of amides is 1. The van der Waals surface area contributed by atoms with Gasteiger partial charge >= 0.3 is 0 Å². The zero-order valence-corrected chi connectivity index (χ0v) is 16.2. The van der Waals surface area contributed by atoms with E-state index in [1.807, 2.05) is 61.1 Å². The molecular formula is C21H22ClN3O2. The SMILES string of the molecule is CCn1ccc(CNC(=O)c2ccc(COc3ccc(Cl)c(C)c3)cc2)n1. The summed E-state index contributed by atoms with van der Waals surface area (Å²) in [6.45, 7) is 5.61. The van der Waals surface area contributed by atoms with E-state index in [4.69, 9.17) is 16.3 Å². The summed E-state index contributed by atoms with van der Waals surface area (Å²) in [7, 11) is 0. The Labute approximate surface area is 163 Å². The van der Waals surface area contributed by atoms with E-state index in [1.54, 1.807) is 12.1 Å². The number of benzene rings is 2. The number of nitrogens with zero attached hydrogens (tertiary/aromatic N) is 2. The van der Waals surface area contributed by atoms with Crippen LogP contribution in [0, 0.1) is 6.92 Å². The summed E-state index contributed by atoms with van der Waals surface area (Å²) in [5, 5.41) is 7.95. The Kier molecular flexibility index (Phi) is 6.14. The number of halogens is 1. The Hall–Kier alpha value is -2.79. The van der Waals surface area contributed by atoms with Crippen molar-refractivity contribution in [2.75, 3.05) is 0 Å². The maximum atomic E-state index is 12.3. The topological polar surface area (TPSA) is 56.2 Å². The number of hydrogen-bond acceptors (Lipinski definition) is 3. The van der Waals surface area contributed by atoms with Crippen LogP contribution in [0.25, 0.3) is 0 Å². The molecule has 1 N–H and O–H groups in total. The highest BCUT2D eigenvalue weighted by Crippen LogP contribution is 2.21. The van der Waals surface area contributed by atoms with E-state index in [1.165, 1.54) is 0 Å². The van der Waals surface area contributed by atoms with E-state index in [0.29, 0.717) is 18.7 Å². The van der Waals surface area contributed by atoms with Crippen LogP contribution < -0.4 is 10.1 Å². The lowest BCUT2D eigenvalue weighted by molar-refractivity contribution is 0.0950. The largest absolute Gasteiger partial charge is 0.489 e. The summed E-state index contributed by atoms with van der Waals surface area (Å²) >= 11 is 6.02. The minimum absolute atomic E-state index is 0.123. The number of hydrogen-bond donors (Lipinski definition) is 1. The van der Waals surface area contributed by atoms with Gasteiger partial charge in [-0.15, -0.1) is 0 Å². The lowest BCUT2D eigenvalue weighted by Crippen LogP contribution is -2.23. The van der Waals surface area contributed by atoms with Gasteiger partial charge in [-0.1, -0.05) is 23.7 Å². The summed E-state index contributed by atoms with van der Waals surface area (Å²) in [6, 6.07) is 14.9. The molecule has 3 rings (SSSR count). The summed E-state index contributed by atoms with van der Waals surface area (Å²) in [5.74, 6) is 0.645. The molecule has 0 fully saturated rings. The first-order valence-corrected chi connectivity index (χ1v) is 9.21. The van der Waals surface area contributed by atoms with Crippen molar-refractivity contribution in [2.24, 2.45) is 0 Å². The molecule has 0 radical (unpaired) electrons. The van der Waals surface area contributed by atoms with Crippen molar-refractivity contribution in [1.29, 1.82) is 0 Å². The fourth-order valence-corrected chi connectivity index (χ4v) is 2.69. The van der Waals surface area contributed by atoms with Crippen molar-refractivity contribution in [3.05, 3.63) is 82.1 Å². The van der Waals surface area contributed by atoms with Crippen molar-refractivity contribution in [1.82, 2.24) is 15.1 Å². The normalized spacial score (nSPS) is 10.6. The third-order valence-electron chi connectivity index (χ3n) is 4.20. The smallest absolute Gasteiger partial charge is 0.251 e. The van der Waals surface area contributed by atoms with E-state index in [2.05, 4.69) is 10.4 Å². The molecule has 0 bridgehead atoms. The highest BCUT2D eigenvalue weighted by Gasteiger charge is 2.07. The predicted octanol–water partition coefficient (Wildman–Crippen LogP) is 4.37. The van der Waals surface area contributed by atoms with Gasteiger partial charge in [0.05, 0.1) is 12.2 Å². The van der Waals surface area contributed by atoms with Crippen LogP contribution >= 0.6 is 11.6 Å². The third-order valence-corrected chi connectivity index (χ3v) is 4.63. The molecule has 3 aromatic rings. The Balaban J connectivity index is 1.52. The van der Waals surface area contributed by atoms with Gasteiger partial charge in [0.25, 0.3) is 5.91 Å². The number of nitrogens with one attached hydrogen (secondary N) is 1. The van der Waals surface area contributed by atoms with Crippen molar-refractivity contribution in [3.63, 3.8) is 0 Å². The molecule has 0 unspecified atom stereocenters. The quantitative estimate of drug-likeness (QED) is 0.659. The number of carbonyl (C=O) groups excluding carboxylic acids is 1. The maximum absolute atomic E-state index is 12.3. The maximum Gasteiger partial charge on any atom is 0.251 e. The van der Waals surface area contributed by atoms with Crippen molar-refractivity contribution in [2.45, 2.75) is 33.5 Å². The molecule has 0 aliphatic heterocycles. The number of carbonyl (C=O) groups is 1. The molecule has 6 heteroatoms. The van der Waals surface area contributed by atoms with E-state index in [-0.39, 0.29) is 5.91 Å². The van der Waals surface area contributed by atoms with Gasteiger partial charge in [-0.2, -0.15) is 5.10 Å². The number of aromatic nitrogens is 2. The van der Waals surface area contributed by atoms with E-state index < -0.39 is 0 Å². The second-order valence-corrected chi connectivity index (χ2v) is 6.65. The summed E-state index contributed by atoms with van der Waals surface area (Å²) in [5.41, 5.74) is 3.41. The lowest BCUT2D eigenvalue weighted by Gasteiger charge is -2.09. The standard InChI is InChI=1S/C21H22ClN3O2/c1-3-25-11-10-18(24-25)13-23-21(26)17-6-4-16(5-7-17)14-27-19-8-9-20(22)15(2)12-19/h4-12H,3,13-14H2,1-2H3,(H,23,26). The van der Waals surface area contributed by atoms with Gasteiger partial charge in [-0.3, -0.25) is 9.48 Å². The molecular weight excluding hydrogens is 362 g/mol. The Morgan fingerprint density at radius 1 is 1.19 bits per heavy atom. The first-order valence-electron chi connectivity index (χ1n) is 8.83. The van der Waals surface area contributed by atoms with E-state index in [0.717, 1.165) is 34.1 Å². The molecule has 5 nitrogen and oxygen atoms in total. The van der Waals surface area contributed by atoms with Crippen molar-refractivity contribution >= 4 is 17.5 Å². The number of rotatable bonds is 7. The third kappa shape index (κ3) is 5.11. The second-order valence-electron chi connectivity index (χ2n) is 6.24. The Morgan fingerprint density at radius 2 is 1.96 bits per heavy atom. The predicted molar refractivity (Wildman–Crippen MR) is 106 cm³/mol. The molecule has 0 aliphatic carbocycles. The fourth-order valence-electron chi connectivity index (χ4n) is 2.57. The van der Waals surface area contributed by atoms with Crippen LogP contribution in [0.3, 0.4) is 0 Å². The molecule has 140 valence electrons. The first kappa shape index (κ1) is 19.0. The molecule has 27 heavy (non-hydrogen) atoms. The Bertz CT molecular complexity index is 919. The summed E-state index contributed by atoms with van der Waals surface area (Å²) in [4.78, 5) is 12.3. The minimum Gasteiger partial charge on any atom is -0.489 e. The monoisotopic (exact) mass is 383 g/mol. The minimum atomic E-state index is -0.123. The van der Waals surface area contributed by atoms with Crippen LogP contribution in [0.1, 0.15) is 34.1 Å². The van der Waals surface area contributed by atoms with Gasteiger partial charge < -0.3 is 10.1 Å². The molecule has 0 aliphatic rings. The highest BCUT2D eigenvalue weighted by atomic mass is 35.5.